The van der Waals surface area contributed by atoms with Gasteiger partial charge in [-0.1, -0.05) is 12.1 Å². The Bertz CT molecular complexity index is 452. The highest BCUT2D eigenvalue weighted by molar-refractivity contribution is 6.21. The molecule has 3 N–H and O–H groups in total. The Balaban J connectivity index is 2.51. The highest BCUT2D eigenvalue weighted by Gasteiger charge is 2.48. The molecule has 96 valence electrons. The molecular formula is C12H13NO5. The summed E-state index contributed by atoms with van der Waals surface area (Å²) in [7, 11) is 0. The number of amides is 2. The van der Waals surface area contributed by atoms with Crippen molar-refractivity contribution in [2.45, 2.75) is 5.54 Å². The quantitative estimate of drug-likeness (QED) is 0.596. The fraction of sp³-hybridized carbons (Fsp3) is 0.333. The van der Waals surface area contributed by atoms with Crippen molar-refractivity contribution in [3.8, 4) is 0 Å². The first-order chi connectivity index (χ1) is 8.61. The molecule has 1 heterocycles. The van der Waals surface area contributed by atoms with E-state index in [2.05, 4.69) is 0 Å². The van der Waals surface area contributed by atoms with Gasteiger partial charge in [0.15, 0.2) is 0 Å². The van der Waals surface area contributed by atoms with Crippen LogP contribution in [0.25, 0.3) is 0 Å². The second kappa shape index (κ2) is 4.49. The minimum absolute atomic E-state index is 0.210. The number of fused-ring (bicyclic) bond motifs is 1. The van der Waals surface area contributed by atoms with Crippen molar-refractivity contribution >= 4 is 11.8 Å². The van der Waals surface area contributed by atoms with Gasteiger partial charge < -0.3 is 15.3 Å². The molecule has 2 amide bonds. The summed E-state index contributed by atoms with van der Waals surface area (Å²) in [5, 5.41) is 27.9. The normalized spacial score (nSPS) is 15.2. The number of hydrogen-bond acceptors (Lipinski definition) is 5. The fourth-order valence-corrected chi connectivity index (χ4v) is 1.98. The molecule has 0 aliphatic carbocycles. The zero-order chi connectivity index (χ0) is 13.3. The molecule has 0 spiro atoms. The molecule has 0 bridgehead atoms. The van der Waals surface area contributed by atoms with E-state index < -0.39 is 37.2 Å². The largest absolute Gasteiger partial charge is 0.394 e. The molecule has 1 aliphatic rings. The smallest absolute Gasteiger partial charge is 0.262 e. The van der Waals surface area contributed by atoms with Crippen LogP contribution in [0.5, 0.6) is 0 Å². The number of benzene rings is 1. The van der Waals surface area contributed by atoms with Crippen LogP contribution in [0.15, 0.2) is 24.3 Å². The van der Waals surface area contributed by atoms with Crippen LogP contribution >= 0.6 is 0 Å². The second-order valence-electron chi connectivity index (χ2n) is 4.19. The van der Waals surface area contributed by atoms with Crippen molar-refractivity contribution in [3.63, 3.8) is 0 Å². The summed E-state index contributed by atoms with van der Waals surface area (Å²) >= 11 is 0. The highest BCUT2D eigenvalue weighted by atomic mass is 16.3. The third-order valence-corrected chi connectivity index (χ3v) is 3.15. The number of hydrogen-bond donors (Lipinski definition) is 3. The van der Waals surface area contributed by atoms with Gasteiger partial charge in [-0.25, -0.2) is 0 Å². The standard InChI is InChI=1S/C12H13NO5/c14-5-12(6-15,7-16)13-10(17)8-3-1-2-4-9(8)11(13)18/h1-4,14-16H,5-7H2. The molecule has 1 aromatic carbocycles. The van der Waals surface area contributed by atoms with Crippen molar-refractivity contribution in [2.24, 2.45) is 0 Å². The molecule has 0 saturated carbocycles. The lowest BCUT2D eigenvalue weighted by Crippen LogP contribution is -2.59. The first kappa shape index (κ1) is 12.7. The van der Waals surface area contributed by atoms with E-state index in [0.717, 1.165) is 4.90 Å². The molecule has 0 radical (unpaired) electrons. The van der Waals surface area contributed by atoms with Gasteiger partial charge in [-0.3, -0.25) is 14.5 Å². The Morgan fingerprint density at radius 2 is 1.28 bits per heavy atom. The average Bonchev–Trinajstić information content (AvgIpc) is 2.67. The first-order valence-corrected chi connectivity index (χ1v) is 5.42. The van der Waals surface area contributed by atoms with Crippen LogP contribution in [0.3, 0.4) is 0 Å². The van der Waals surface area contributed by atoms with Crippen LogP contribution < -0.4 is 0 Å². The van der Waals surface area contributed by atoms with Gasteiger partial charge in [0.05, 0.1) is 30.9 Å². The predicted molar refractivity (Wildman–Crippen MR) is 60.9 cm³/mol. The summed E-state index contributed by atoms with van der Waals surface area (Å²) in [5.74, 6) is -1.24. The van der Waals surface area contributed by atoms with Gasteiger partial charge in [0.2, 0.25) is 0 Å². The van der Waals surface area contributed by atoms with Gasteiger partial charge in [-0.05, 0) is 12.1 Å². The topological polar surface area (TPSA) is 98.1 Å². The van der Waals surface area contributed by atoms with Crippen molar-refractivity contribution in [1.82, 2.24) is 4.90 Å². The maximum Gasteiger partial charge on any atom is 0.262 e. The Kier molecular flexibility index (Phi) is 3.16. The third kappa shape index (κ3) is 1.54. The zero-order valence-electron chi connectivity index (χ0n) is 9.54. The molecule has 2 rings (SSSR count). The van der Waals surface area contributed by atoms with Gasteiger partial charge in [0, 0.05) is 0 Å². The van der Waals surface area contributed by atoms with E-state index in [1.807, 2.05) is 0 Å². The predicted octanol–water partition coefficient (Wildman–Crippen LogP) is -1.00. The SMILES string of the molecule is O=C1c2ccccc2C(=O)N1C(CO)(CO)CO. The van der Waals surface area contributed by atoms with Crippen molar-refractivity contribution < 1.29 is 24.9 Å². The highest BCUT2D eigenvalue weighted by Crippen LogP contribution is 2.29. The van der Waals surface area contributed by atoms with Crippen LogP contribution in [-0.2, 0) is 0 Å². The molecule has 0 unspecified atom stereocenters. The van der Waals surface area contributed by atoms with Crippen molar-refractivity contribution in [2.75, 3.05) is 19.8 Å². The van der Waals surface area contributed by atoms with E-state index in [-0.39, 0.29) is 11.1 Å². The van der Waals surface area contributed by atoms with Crippen molar-refractivity contribution in [3.05, 3.63) is 35.4 Å². The van der Waals surface area contributed by atoms with E-state index in [1.54, 1.807) is 12.1 Å². The van der Waals surface area contributed by atoms with Gasteiger partial charge in [0.1, 0.15) is 5.54 Å². The number of nitrogens with zero attached hydrogens (tertiary/aromatic N) is 1. The molecule has 1 aliphatic heterocycles. The van der Waals surface area contributed by atoms with Gasteiger partial charge in [-0.15, -0.1) is 0 Å². The Morgan fingerprint density at radius 3 is 1.61 bits per heavy atom. The van der Waals surface area contributed by atoms with Crippen LogP contribution in [0.1, 0.15) is 20.7 Å². The number of aliphatic hydroxyl groups is 3. The lowest BCUT2D eigenvalue weighted by Gasteiger charge is -2.35. The molecule has 0 aromatic heterocycles. The summed E-state index contributed by atoms with van der Waals surface area (Å²) < 4.78 is 0. The van der Waals surface area contributed by atoms with E-state index in [9.17, 15) is 24.9 Å². The minimum atomic E-state index is -1.67. The van der Waals surface area contributed by atoms with E-state index >= 15 is 0 Å². The lowest BCUT2D eigenvalue weighted by atomic mass is 10.0. The molecule has 0 atom stereocenters. The number of carbonyl (C=O) groups is 2. The van der Waals surface area contributed by atoms with Gasteiger partial charge >= 0.3 is 0 Å². The summed E-state index contributed by atoms with van der Waals surface area (Å²) in [6.45, 7) is -2.11. The van der Waals surface area contributed by atoms with Crippen molar-refractivity contribution in [1.29, 1.82) is 0 Å². The molecule has 6 nitrogen and oxygen atoms in total. The molecule has 6 heteroatoms. The van der Waals surface area contributed by atoms with Gasteiger partial charge in [-0.2, -0.15) is 0 Å². The van der Waals surface area contributed by atoms with Crippen LogP contribution in [0, 0.1) is 0 Å². The number of aliphatic hydroxyl groups excluding tert-OH is 3. The van der Waals surface area contributed by atoms with E-state index in [1.165, 1.54) is 12.1 Å². The summed E-state index contributed by atoms with van der Waals surface area (Å²) in [5.41, 5.74) is -1.25. The summed E-state index contributed by atoms with van der Waals surface area (Å²) in [6, 6.07) is 6.22. The fourth-order valence-electron chi connectivity index (χ4n) is 1.98. The maximum atomic E-state index is 12.1. The Labute approximate surface area is 103 Å². The third-order valence-electron chi connectivity index (χ3n) is 3.15. The molecular weight excluding hydrogens is 238 g/mol. The van der Waals surface area contributed by atoms with E-state index in [4.69, 9.17) is 0 Å². The second-order valence-corrected chi connectivity index (χ2v) is 4.19. The lowest BCUT2D eigenvalue weighted by molar-refractivity contribution is -0.0237. The summed E-state index contributed by atoms with van der Waals surface area (Å²) in [4.78, 5) is 24.9. The average molecular weight is 251 g/mol. The van der Waals surface area contributed by atoms with Crippen LogP contribution in [0.4, 0.5) is 0 Å². The number of rotatable bonds is 4. The number of carbonyl (C=O) groups excluding carboxylic acids is 2. The Morgan fingerprint density at radius 1 is 0.889 bits per heavy atom. The zero-order valence-corrected chi connectivity index (χ0v) is 9.54. The number of imide groups is 1. The Hall–Kier alpha value is -1.76. The summed E-state index contributed by atoms with van der Waals surface area (Å²) in [6.07, 6.45) is 0. The molecule has 1 aromatic rings. The van der Waals surface area contributed by atoms with Gasteiger partial charge in [0.25, 0.3) is 11.8 Å². The first-order valence-electron chi connectivity index (χ1n) is 5.42. The maximum absolute atomic E-state index is 12.1. The van der Waals surface area contributed by atoms with Crippen LogP contribution in [0.2, 0.25) is 0 Å². The molecule has 0 saturated heterocycles. The molecule has 18 heavy (non-hydrogen) atoms. The molecule has 0 fully saturated rings. The van der Waals surface area contributed by atoms with Crippen LogP contribution in [-0.4, -0.2) is 57.4 Å². The minimum Gasteiger partial charge on any atom is -0.394 e. The monoisotopic (exact) mass is 251 g/mol. The van der Waals surface area contributed by atoms with E-state index in [0.29, 0.717) is 0 Å².